The summed E-state index contributed by atoms with van der Waals surface area (Å²) >= 11 is 0. The van der Waals surface area contributed by atoms with Gasteiger partial charge >= 0.3 is 5.97 Å². The number of ketones is 1. The molecule has 8 nitrogen and oxygen atoms in total. The van der Waals surface area contributed by atoms with E-state index in [4.69, 9.17) is 23.7 Å². The van der Waals surface area contributed by atoms with Crippen LogP contribution in [0.2, 0.25) is 0 Å². The van der Waals surface area contributed by atoms with Gasteiger partial charge in [0.2, 0.25) is 0 Å². The number of rotatable bonds is 7. The number of hydrogen-bond donors (Lipinski definition) is 0. The van der Waals surface area contributed by atoms with Crippen molar-refractivity contribution in [3.63, 3.8) is 0 Å². The molecule has 3 aliphatic heterocycles. The first-order valence-electron chi connectivity index (χ1n) is 18.1. The normalized spacial score (nSPS) is 44.8. The maximum Gasteiger partial charge on any atom is 0.311 e. The van der Waals surface area contributed by atoms with Gasteiger partial charge in [-0.2, -0.15) is 0 Å². The number of nitrogens with zero attached hydrogens (tertiary/aromatic N) is 1. The molecule has 0 aromatic carbocycles. The Hall–Kier alpha value is -1.06. The monoisotopic (exact) mass is 637 g/mol. The summed E-state index contributed by atoms with van der Waals surface area (Å²) in [6, 6.07) is 0.348. The van der Waals surface area contributed by atoms with E-state index in [2.05, 4.69) is 74.4 Å². The SMILES string of the molecule is CCC[C@H]1OC(=O)[C@H](C)[C@@H](O[C@H]2CC(C)CC(C)O2)[C@H](C)[C@@H](O[C@H]2CC(N(C)C)CC(C)O2)[C@@H](C)C[C@@H](C)C(=O)[C@H](C)C[C@H]1C. The number of esters is 1. The highest BCUT2D eigenvalue weighted by Crippen LogP contribution is 2.37. The molecular formula is C37H67NO7. The Morgan fingerprint density at radius 3 is 1.84 bits per heavy atom. The van der Waals surface area contributed by atoms with E-state index in [1.165, 1.54) is 0 Å². The lowest BCUT2D eigenvalue weighted by Crippen LogP contribution is -2.50. The van der Waals surface area contributed by atoms with Crippen molar-refractivity contribution >= 4 is 11.8 Å². The minimum atomic E-state index is -0.527. The van der Waals surface area contributed by atoms with Gasteiger partial charge < -0.3 is 28.6 Å². The van der Waals surface area contributed by atoms with E-state index in [9.17, 15) is 9.59 Å². The summed E-state index contributed by atoms with van der Waals surface area (Å²) in [6.45, 7) is 21.0. The molecule has 4 unspecified atom stereocenters. The summed E-state index contributed by atoms with van der Waals surface area (Å²) in [7, 11) is 4.22. The summed E-state index contributed by atoms with van der Waals surface area (Å²) < 4.78 is 32.8. The molecule has 3 aliphatic rings. The first kappa shape index (κ1) is 38.4. The second kappa shape index (κ2) is 17.4. The molecule has 0 saturated carbocycles. The molecule has 3 rings (SSSR count). The zero-order valence-corrected chi connectivity index (χ0v) is 30.6. The summed E-state index contributed by atoms with van der Waals surface area (Å²) in [5, 5.41) is 0. The molecule has 3 heterocycles. The highest BCUT2D eigenvalue weighted by Gasteiger charge is 2.44. The minimum Gasteiger partial charge on any atom is -0.462 e. The zero-order chi connectivity index (χ0) is 33.6. The van der Waals surface area contributed by atoms with Crippen LogP contribution in [-0.4, -0.2) is 79.9 Å². The minimum absolute atomic E-state index is 0.0254. The van der Waals surface area contributed by atoms with E-state index in [0.29, 0.717) is 24.8 Å². The van der Waals surface area contributed by atoms with Crippen LogP contribution in [0.3, 0.4) is 0 Å². The fourth-order valence-electron chi connectivity index (χ4n) is 8.30. The van der Waals surface area contributed by atoms with Crippen molar-refractivity contribution in [2.75, 3.05) is 14.1 Å². The second-order valence-electron chi connectivity index (χ2n) is 15.7. The van der Waals surface area contributed by atoms with Gasteiger partial charge in [-0.1, -0.05) is 54.9 Å². The Morgan fingerprint density at radius 1 is 0.711 bits per heavy atom. The molecule has 0 bridgehead atoms. The van der Waals surface area contributed by atoms with Crippen LogP contribution in [0.5, 0.6) is 0 Å². The zero-order valence-electron chi connectivity index (χ0n) is 30.6. The largest absolute Gasteiger partial charge is 0.462 e. The first-order chi connectivity index (χ1) is 21.1. The number of ether oxygens (including phenoxy) is 5. The maximum absolute atomic E-state index is 14.0. The Bertz CT molecular complexity index is 918. The van der Waals surface area contributed by atoms with E-state index >= 15 is 0 Å². The predicted molar refractivity (Wildman–Crippen MR) is 178 cm³/mol. The lowest BCUT2D eigenvalue weighted by Gasteiger charge is -2.44. The fraction of sp³-hybridized carbons (Fsp3) is 0.946. The Morgan fingerprint density at radius 2 is 1.27 bits per heavy atom. The van der Waals surface area contributed by atoms with Crippen LogP contribution in [0.25, 0.3) is 0 Å². The molecule has 0 aromatic heterocycles. The van der Waals surface area contributed by atoms with Crippen LogP contribution in [0.15, 0.2) is 0 Å². The molecule has 8 heteroatoms. The van der Waals surface area contributed by atoms with E-state index < -0.39 is 18.3 Å². The van der Waals surface area contributed by atoms with Crippen molar-refractivity contribution in [3.05, 3.63) is 0 Å². The molecule has 0 amide bonds. The molecule has 45 heavy (non-hydrogen) atoms. The van der Waals surface area contributed by atoms with Gasteiger partial charge in [0, 0.05) is 36.6 Å². The van der Waals surface area contributed by atoms with E-state index in [-0.39, 0.29) is 72.0 Å². The quantitative estimate of drug-likeness (QED) is 0.270. The summed E-state index contributed by atoms with van der Waals surface area (Å²) in [5.41, 5.74) is 0. The third-order valence-electron chi connectivity index (χ3n) is 10.9. The molecule has 15 atom stereocenters. The van der Waals surface area contributed by atoms with Gasteiger partial charge in [-0.25, -0.2) is 0 Å². The average molecular weight is 638 g/mol. The van der Waals surface area contributed by atoms with E-state index in [0.717, 1.165) is 38.5 Å². The lowest BCUT2D eigenvalue weighted by atomic mass is 9.77. The van der Waals surface area contributed by atoms with Crippen molar-refractivity contribution < 1.29 is 33.3 Å². The molecule has 262 valence electrons. The van der Waals surface area contributed by atoms with Crippen molar-refractivity contribution in [2.45, 2.75) is 170 Å². The van der Waals surface area contributed by atoms with Crippen LogP contribution < -0.4 is 0 Å². The molecule has 3 fully saturated rings. The first-order valence-corrected chi connectivity index (χ1v) is 18.1. The standard InChI is InChI=1S/C37H67NO7/c1-13-14-31-22(3)17-23(4)34(39)24(5)18-25(6)35(44-33-20-30(38(11)12)19-27(8)42-33)28(9)36(29(10)37(40)43-31)45-32-16-21(2)15-26(7)41-32/h21-33,35-36H,13-20H2,1-12H3/t21?,22-,23-,24-,25+,26?,27?,28-,29-,30?,31-,32+,33+,35+,36+/m1/s1. The number of carbonyl (C=O) groups is 2. The average Bonchev–Trinajstić information content (AvgIpc) is 2.95. The molecule has 0 aliphatic carbocycles. The molecule has 0 spiro atoms. The fourth-order valence-corrected chi connectivity index (χ4v) is 8.30. The van der Waals surface area contributed by atoms with E-state index in [1.54, 1.807) is 0 Å². The van der Waals surface area contributed by atoms with Crippen LogP contribution in [-0.2, 0) is 33.3 Å². The second-order valence-corrected chi connectivity index (χ2v) is 15.7. The van der Waals surface area contributed by atoms with Gasteiger partial charge in [-0.15, -0.1) is 0 Å². The van der Waals surface area contributed by atoms with E-state index in [1.807, 2.05) is 13.8 Å². The molecule has 0 N–H and O–H groups in total. The van der Waals surface area contributed by atoms with Gasteiger partial charge in [-0.3, -0.25) is 9.59 Å². The Labute approximate surface area is 275 Å². The van der Waals surface area contributed by atoms with Gasteiger partial charge in [0.1, 0.15) is 11.9 Å². The summed E-state index contributed by atoms with van der Waals surface area (Å²) in [5.74, 6) is -0.348. The lowest BCUT2D eigenvalue weighted by molar-refractivity contribution is -0.267. The summed E-state index contributed by atoms with van der Waals surface area (Å²) in [4.78, 5) is 29.9. The van der Waals surface area contributed by atoms with Gasteiger partial charge in [-0.05, 0) is 84.7 Å². The van der Waals surface area contributed by atoms with Crippen LogP contribution >= 0.6 is 0 Å². The topological polar surface area (TPSA) is 83.5 Å². The van der Waals surface area contributed by atoms with Gasteiger partial charge in [0.15, 0.2) is 12.6 Å². The number of hydrogen-bond acceptors (Lipinski definition) is 8. The Balaban J connectivity index is 2.02. The van der Waals surface area contributed by atoms with Gasteiger partial charge in [0.25, 0.3) is 0 Å². The highest BCUT2D eigenvalue weighted by atomic mass is 16.7. The van der Waals surface area contributed by atoms with Crippen LogP contribution in [0.4, 0.5) is 0 Å². The van der Waals surface area contributed by atoms with Crippen molar-refractivity contribution in [1.29, 1.82) is 0 Å². The third-order valence-corrected chi connectivity index (χ3v) is 10.9. The number of cyclic esters (lactones) is 1. The predicted octanol–water partition coefficient (Wildman–Crippen LogP) is 7.26. The molecule has 3 saturated heterocycles. The molecular weight excluding hydrogens is 570 g/mol. The molecule has 0 radical (unpaired) electrons. The summed E-state index contributed by atoms with van der Waals surface area (Å²) in [6.07, 6.45) is 4.87. The Kier molecular flexibility index (Phi) is 14.8. The van der Waals surface area contributed by atoms with Crippen molar-refractivity contribution in [1.82, 2.24) is 4.90 Å². The highest BCUT2D eigenvalue weighted by molar-refractivity contribution is 5.82. The number of Topliss-reactive ketones (excluding diaryl/α,β-unsaturated/α-hetero) is 1. The number of carbonyl (C=O) groups excluding carboxylic acids is 2. The smallest absolute Gasteiger partial charge is 0.311 e. The van der Waals surface area contributed by atoms with Crippen molar-refractivity contribution in [3.8, 4) is 0 Å². The van der Waals surface area contributed by atoms with Gasteiger partial charge in [0.05, 0.1) is 30.3 Å². The van der Waals surface area contributed by atoms with Crippen LogP contribution in [0.1, 0.15) is 121 Å². The third kappa shape index (κ3) is 10.7. The maximum atomic E-state index is 14.0. The molecule has 0 aromatic rings. The van der Waals surface area contributed by atoms with Crippen LogP contribution in [0, 0.1) is 41.4 Å². The van der Waals surface area contributed by atoms with Crippen molar-refractivity contribution in [2.24, 2.45) is 41.4 Å².